The van der Waals surface area contributed by atoms with E-state index >= 15 is 0 Å². The molecule has 0 radical (unpaired) electrons. The van der Waals surface area contributed by atoms with Crippen molar-refractivity contribution < 1.29 is 24.2 Å². The summed E-state index contributed by atoms with van der Waals surface area (Å²) in [5.74, 6) is -0.557. The van der Waals surface area contributed by atoms with Gasteiger partial charge in [0.05, 0.1) is 27.7 Å². The molecule has 1 amide bonds. The van der Waals surface area contributed by atoms with E-state index in [-0.39, 0.29) is 5.91 Å². The van der Waals surface area contributed by atoms with E-state index in [4.69, 9.17) is 14.6 Å². The summed E-state index contributed by atoms with van der Waals surface area (Å²) >= 11 is 2.04. The van der Waals surface area contributed by atoms with Crippen LogP contribution in [0.3, 0.4) is 0 Å². The van der Waals surface area contributed by atoms with E-state index in [9.17, 15) is 9.59 Å². The molecule has 0 unspecified atom stereocenters. The van der Waals surface area contributed by atoms with Gasteiger partial charge in [0, 0.05) is 0 Å². The first-order chi connectivity index (χ1) is 13.4. The molecule has 0 aromatic heterocycles. The van der Waals surface area contributed by atoms with E-state index in [0.29, 0.717) is 32.0 Å². The Morgan fingerprint density at radius 1 is 1.29 bits per heavy atom. The van der Waals surface area contributed by atoms with Gasteiger partial charge in [-0.2, -0.15) is 10.1 Å². The molecule has 1 heterocycles. The summed E-state index contributed by atoms with van der Waals surface area (Å²) in [7, 11) is 1.47. The summed E-state index contributed by atoms with van der Waals surface area (Å²) < 4.78 is 11.3. The fourth-order valence-corrected chi connectivity index (χ4v) is 3.47. The van der Waals surface area contributed by atoms with Crippen molar-refractivity contribution in [2.45, 2.75) is 6.92 Å². The summed E-state index contributed by atoms with van der Waals surface area (Å²) in [6.07, 6.45) is 1.73. The van der Waals surface area contributed by atoms with Crippen LogP contribution in [-0.4, -0.2) is 36.4 Å². The number of carbonyl (C=O) groups is 2. The van der Waals surface area contributed by atoms with Gasteiger partial charge in [-0.1, -0.05) is 18.2 Å². The van der Waals surface area contributed by atoms with Gasteiger partial charge in [-0.25, -0.2) is 4.79 Å². The first-order valence-corrected chi connectivity index (χ1v) is 9.37. The minimum absolute atomic E-state index is 0.219. The van der Waals surface area contributed by atoms with Gasteiger partial charge in [0.25, 0.3) is 5.91 Å². The van der Waals surface area contributed by atoms with E-state index in [0.717, 1.165) is 5.56 Å². The number of carboxylic acids is 1. The molecule has 2 aromatic carbocycles. The van der Waals surface area contributed by atoms with Crippen molar-refractivity contribution >= 4 is 51.9 Å². The smallest absolute Gasteiger partial charge is 0.341 e. The number of benzene rings is 2. The number of nitrogens with zero attached hydrogens (tertiary/aromatic N) is 2. The average molecular weight is 492 g/mol. The van der Waals surface area contributed by atoms with E-state index in [1.54, 1.807) is 25.1 Å². The lowest BCUT2D eigenvalue weighted by atomic mass is 10.1. The van der Waals surface area contributed by atoms with Crippen LogP contribution in [0.1, 0.15) is 12.5 Å². The molecule has 0 spiro atoms. The predicted molar refractivity (Wildman–Crippen MR) is 114 cm³/mol. The van der Waals surface area contributed by atoms with Gasteiger partial charge in [0.1, 0.15) is 0 Å². The molecule has 1 aliphatic heterocycles. The molecule has 0 atom stereocenters. The lowest BCUT2D eigenvalue weighted by molar-refractivity contribution is -0.139. The van der Waals surface area contributed by atoms with Crippen LogP contribution in [0.4, 0.5) is 5.69 Å². The van der Waals surface area contributed by atoms with Gasteiger partial charge in [-0.15, -0.1) is 0 Å². The largest absolute Gasteiger partial charge is 0.493 e. The molecule has 3 rings (SSSR count). The first-order valence-electron chi connectivity index (χ1n) is 8.29. The van der Waals surface area contributed by atoms with Gasteiger partial charge in [-0.3, -0.25) is 4.79 Å². The van der Waals surface area contributed by atoms with Crippen LogP contribution in [0.15, 0.2) is 53.1 Å². The minimum Gasteiger partial charge on any atom is -0.493 e. The number of hydrogen-bond acceptors (Lipinski definition) is 5. The molecular weight excluding hydrogens is 475 g/mol. The summed E-state index contributed by atoms with van der Waals surface area (Å²) in [4.78, 5) is 23.6. The highest BCUT2D eigenvalue weighted by molar-refractivity contribution is 14.1. The number of rotatable bonds is 6. The van der Waals surface area contributed by atoms with Crippen molar-refractivity contribution in [3.05, 3.63) is 57.2 Å². The van der Waals surface area contributed by atoms with Crippen LogP contribution in [0.25, 0.3) is 6.08 Å². The summed E-state index contributed by atoms with van der Waals surface area (Å²) in [5.41, 5.74) is 2.49. The number of ether oxygens (including phenoxy) is 2. The molecule has 1 aliphatic rings. The van der Waals surface area contributed by atoms with E-state index in [1.165, 1.54) is 12.1 Å². The molecule has 2 aromatic rings. The maximum atomic E-state index is 12.8. The van der Waals surface area contributed by atoms with Crippen LogP contribution in [0, 0.1) is 3.57 Å². The number of amides is 1. The molecule has 28 heavy (non-hydrogen) atoms. The van der Waals surface area contributed by atoms with Crippen LogP contribution >= 0.6 is 22.6 Å². The SMILES string of the molecule is COc1cc(/C=C2\C(=O)N(c3ccccc3)N=C2C)cc(I)c1OCC(=O)O. The number of carbonyl (C=O) groups excluding carboxylic acids is 1. The van der Waals surface area contributed by atoms with E-state index < -0.39 is 12.6 Å². The summed E-state index contributed by atoms with van der Waals surface area (Å²) in [6.45, 7) is 1.31. The molecule has 8 heteroatoms. The van der Waals surface area contributed by atoms with E-state index in [2.05, 4.69) is 5.10 Å². The Bertz CT molecular complexity index is 986. The zero-order valence-corrected chi connectivity index (χ0v) is 17.3. The number of carboxylic acid groups (broad SMARTS) is 1. The Hall–Kier alpha value is -2.88. The Balaban J connectivity index is 1.93. The zero-order valence-electron chi connectivity index (χ0n) is 15.2. The fraction of sp³-hybridized carbons (Fsp3) is 0.150. The highest BCUT2D eigenvalue weighted by Gasteiger charge is 2.28. The lowest BCUT2D eigenvalue weighted by Crippen LogP contribution is -2.21. The second-order valence-electron chi connectivity index (χ2n) is 5.91. The summed E-state index contributed by atoms with van der Waals surface area (Å²) in [5, 5.41) is 14.5. The Kier molecular flexibility index (Phi) is 5.98. The highest BCUT2D eigenvalue weighted by Crippen LogP contribution is 2.35. The number of para-hydroxylation sites is 1. The van der Waals surface area contributed by atoms with Crippen molar-refractivity contribution in [1.82, 2.24) is 0 Å². The standard InChI is InChI=1S/C20H17IN2O5/c1-12-15(20(26)23(22-12)14-6-4-3-5-7-14)8-13-9-16(21)19(17(10-13)27-2)28-11-18(24)25/h3-10H,11H2,1-2H3,(H,24,25)/b15-8-. The number of hydrazone groups is 1. The lowest BCUT2D eigenvalue weighted by Gasteiger charge is -2.13. The fourth-order valence-electron chi connectivity index (χ4n) is 2.69. The van der Waals surface area contributed by atoms with Gasteiger partial charge < -0.3 is 14.6 Å². The molecule has 1 N–H and O–H groups in total. The first kappa shape index (κ1) is 19.9. The molecule has 0 fully saturated rings. The number of halogens is 1. The molecular formula is C20H17IN2O5. The average Bonchev–Trinajstić information content (AvgIpc) is 2.95. The zero-order chi connectivity index (χ0) is 20.3. The van der Waals surface area contributed by atoms with Gasteiger partial charge in [-0.05, 0) is 65.4 Å². The van der Waals surface area contributed by atoms with Crippen LogP contribution in [-0.2, 0) is 9.59 Å². The van der Waals surface area contributed by atoms with Crippen molar-refractivity contribution in [2.24, 2.45) is 5.10 Å². The number of anilines is 1. The Morgan fingerprint density at radius 3 is 2.64 bits per heavy atom. The van der Waals surface area contributed by atoms with Gasteiger partial charge >= 0.3 is 5.97 Å². The van der Waals surface area contributed by atoms with E-state index in [1.807, 2.05) is 52.9 Å². The molecule has 0 saturated heterocycles. The monoisotopic (exact) mass is 492 g/mol. The van der Waals surface area contributed by atoms with Crippen molar-refractivity contribution in [3.8, 4) is 11.5 Å². The third-order valence-electron chi connectivity index (χ3n) is 3.97. The van der Waals surface area contributed by atoms with Crippen molar-refractivity contribution in [3.63, 3.8) is 0 Å². The highest BCUT2D eigenvalue weighted by atomic mass is 127. The number of hydrogen-bond donors (Lipinski definition) is 1. The quantitative estimate of drug-likeness (QED) is 0.492. The normalized spacial score (nSPS) is 15.0. The third kappa shape index (κ3) is 4.16. The molecule has 144 valence electrons. The molecule has 0 aliphatic carbocycles. The summed E-state index contributed by atoms with van der Waals surface area (Å²) in [6, 6.07) is 12.7. The maximum Gasteiger partial charge on any atom is 0.341 e. The van der Waals surface area contributed by atoms with Crippen LogP contribution in [0.2, 0.25) is 0 Å². The second kappa shape index (κ2) is 8.42. The number of methoxy groups -OCH3 is 1. The second-order valence-corrected chi connectivity index (χ2v) is 7.07. The third-order valence-corrected chi connectivity index (χ3v) is 4.77. The Labute approximate surface area is 175 Å². The molecule has 0 bridgehead atoms. The molecule has 7 nitrogen and oxygen atoms in total. The van der Waals surface area contributed by atoms with Gasteiger partial charge in [0.2, 0.25) is 0 Å². The van der Waals surface area contributed by atoms with Crippen molar-refractivity contribution in [2.75, 3.05) is 18.7 Å². The van der Waals surface area contributed by atoms with Crippen LogP contribution < -0.4 is 14.5 Å². The van der Waals surface area contributed by atoms with Crippen molar-refractivity contribution in [1.29, 1.82) is 0 Å². The van der Waals surface area contributed by atoms with Crippen LogP contribution in [0.5, 0.6) is 11.5 Å². The van der Waals surface area contributed by atoms with Gasteiger partial charge in [0.15, 0.2) is 18.1 Å². The molecule has 0 saturated carbocycles. The minimum atomic E-state index is -1.08. The predicted octanol–water partition coefficient (Wildman–Crippen LogP) is 3.57. The maximum absolute atomic E-state index is 12.8. The Morgan fingerprint density at radius 2 is 2.00 bits per heavy atom. The topological polar surface area (TPSA) is 88.4 Å². The number of aliphatic carboxylic acids is 1.